The standard InChI is InChI=1S/C22H16F3N5O3/c23-22(24,25)20-29-19(30-33-20)16-6-3-14(4-7-16)10-28-21(31)32-13-15-5-8-18(27-11-15)17-2-1-9-26-12-17/h1-9,11-12H,10,13H2,(H,28,31). The van der Waals surface area contributed by atoms with Gasteiger partial charge in [-0.1, -0.05) is 35.5 Å². The van der Waals surface area contributed by atoms with E-state index in [0.29, 0.717) is 11.1 Å². The number of nitrogens with one attached hydrogen (secondary N) is 1. The molecule has 0 saturated heterocycles. The van der Waals surface area contributed by atoms with Crippen molar-refractivity contribution in [1.82, 2.24) is 25.4 Å². The highest BCUT2D eigenvalue weighted by Crippen LogP contribution is 2.29. The molecule has 0 saturated carbocycles. The van der Waals surface area contributed by atoms with Gasteiger partial charge in [0.15, 0.2) is 0 Å². The van der Waals surface area contributed by atoms with Crippen molar-refractivity contribution in [3.05, 3.63) is 84.1 Å². The lowest BCUT2D eigenvalue weighted by molar-refractivity contribution is -0.159. The van der Waals surface area contributed by atoms with Crippen LogP contribution >= 0.6 is 0 Å². The Morgan fingerprint density at radius 1 is 1.00 bits per heavy atom. The summed E-state index contributed by atoms with van der Waals surface area (Å²) in [5.74, 6) is -1.59. The Bertz CT molecular complexity index is 1210. The van der Waals surface area contributed by atoms with Crippen LogP contribution in [0, 0.1) is 0 Å². The number of ether oxygens (including phenoxy) is 1. The normalized spacial score (nSPS) is 11.2. The molecule has 3 heterocycles. The number of rotatable bonds is 6. The number of nitrogens with zero attached hydrogens (tertiary/aromatic N) is 4. The maximum atomic E-state index is 12.6. The molecule has 4 rings (SSSR count). The second kappa shape index (κ2) is 9.47. The average Bonchev–Trinajstić information content (AvgIpc) is 3.34. The van der Waals surface area contributed by atoms with Crippen LogP contribution < -0.4 is 5.32 Å². The molecule has 3 aromatic heterocycles. The fraction of sp³-hybridized carbons (Fsp3) is 0.136. The molecule has 168 valence electrons. The largest absolute Gasteiger partial charge is 0.471 e. The van der Waals surface area contributed by atoms with Gasteiger partial charge >= 0.3 is 18.2 Å². The Labute approximate surface area is 185 Å². The first kappa shape index (κ1) is 21.9. The zero-order valence-electron chi connectivity index (χ0n) is 16.9. The van der Waals surface area contributed by atoms with Gasteiger partial charge in [0.2, 0.25) is 5.82 Å². The van der Waals surface area contributed by atoms with Crippen molar-refractivity contribution in [2.24, 2.45) is 0 Å². The zero-order chi connectivity index (χ0) is 23.3. The van der Waals surface area contributed by atoms with Gasteiger partial charge in [0.05, 0.1) is 5.69 Å². The smallest absolute Gasteiger partial charge is 0.445 e. The van der Waals surface area contributed by atoms with Crippen molar-refractivity contribution in [2.45, 2.75) is 19.3 Å². The van der Waals surface area contributed by atoms with E-state index in [1.54, 1.807) is 30.7 Å². The molecule has 1 amide bonds. The molecule has 11 heteroatoms. The summed E-state index contributed by atoms with van der Waals surface area (Å²) < 4.78 is 47.1. The molecule has 1 aromatic carbocycles. The molecular formula is C22H16F3N5O3. The summed E-state index contributed by atoms with van der Waals surface area (Å²) in [7, 11) is 0. The van der Waals surface area contributed by atoms with Gasteiger partial charge in [-0.15, -0.1) is 0 Å². The van der Waals surface area contributed by atoms with Crippen molar-refractivity contribution in [3.63, 3.8) is 0 Å². The molecule has 0 bridgehead atoms. The SMILES string of the molecule is O=C(NCc1ccc(-c2noc(C(F)(F)F)n2)cc1)OCc1ccc(-c2cccnc2)nc1. The number of halogens is 3. The molecular weight excluding hydrogens is 439 g/mol. The van der Waals surface area contributed by atoms with Crippen LogP contribution in [0.1, 0.15) is 17.0 Å². The zero-order valence-corrected chi connectivity index (χ0v) is 16.9. The van der Waals surface area contributed by atoms with Crippen LogP contribution in [0.4, 0.5) is 18.0 Å². The Hall–Kier alpha value is -4.28. The number of carbonyl (C=O) groups excluding carboxylic acids is 1. The summed E-state index contributed by atoms with van der Waals surface area (Å²) in [5, 5.41) is 5.93. The van der Waals surface area contributed by atoms with Crippen LogP contribution in [0.2, 0.25) is 0 Å². The molecule has 0 unspecified atom stereocenters. The molecule has 0 aliphatic carbocycles. The van der Waals surface area contributed by atoms with Crippen LogP contribution in [0.5, 0.6) is 0 Å². The lowest BCUT2D eigenvalue weighted by Crippen LogP contribution is -2.23. The summed E-state index contributed by atoms with van der Waals surface area (Å²) >= 11 is 0. The monoisotopic (exact) mass is 455 g/mol. The van der Waals surface area contributed by atoms with Crippen molar-refractivity contribution < 1.29 is 27.2 Å². The first-order chi connectivity index (χ1) is 15.9. The third-order valence-corrected chi connectivity index (χ3v) is 4.47. The van der Waals surface area contributed by atoms with Crippen LogP contribution in [0.15, 0.2) is 71.6 Å². The van der Waals surface area contributed by atoms with Gasteiger partial charge < -0.3 is 14.6 Å². The van der Waals surface area contributed by atoms with E-state index in [2.05, 4.69) is 29.9 Å². The third kappa shape index (κ3) is 5.70. The van der Waals surface area contributed by atoms with E-state index in [1.165, 1.54) is 12.1 Å². The first-order valence-electron chi connectivity index (χ1n) is 9.64. The highest BCUT2D eigenvalue weighted by atomic mass is 19.4. The predicted molar refractivity (Wildman–Crippen MR) is 109 cm³/mol. The molecule has 0 spiro atoms. The number of amides is 1. The molecule has 0 fully saturated rings. The van der Waals surface area contributed by atoms with Crippen molar-refractivity contribution in [1.29, 1.82) is 0 Å². The first-order valence-corrected chi connectivity index (χ1v) is 9.64. The molecule has 33 heavy (non-hydrogen) atoms. The van der Waals surface area contributed by atoms with E-state index >= 15 is 0 Å². The highest BCUT2D eigenvalue weighted by Gasteiger charge is 2.38. The molecule has 4 aromatic rings. The molecule has 1 N–H and O–H groups in total. The van der Waals surface area contributed by atoms with Crippen molar-refractivity contribution in [2.75, 3.05) is 0 Å². The number of hydrogen-bond acceptors (Lipinski definition) is 7. The van der Waals surface area contributed by atoms with Crippen LogP contribution in [0.25, 0.3) is 22.6 Å². The number of carbonyl (C=O) groups is 1. The minimum Gasteiger partial charge on any atom is -0.445 e. The summed E-state index contributed by atoms with van der Waals surface area (Å²) in [6.45, 7) is 0.210. The predicted octanol–water partition coefficient (Wildman–Crippen LogP) is 4.64. The van der Waals surface area contributed by atoms with E-state index < -0.39 is 18.2 Å². The number of alkyl carbamates (subject to hydrolysis) is 1. The van der Waals surface area contributed by atoms with E-state index in [9.17, 15) is 18.0 Å². The van der Waals surface area contributed by atoms with Crippen LogP contribution in [-0.4, -0.2) is 26.2 Å². The second-order valence-electron chi connectivity index (χ2n) is 6.84. The minimum absolute atomic E-state index is 0.0461. The summed E-state index contributed by atoms with van der Waals surface area (Å²) in [6.07, 6.45) is -0.313. The quantitative estimate of drug-likeness (QED) is 0.452. The minimum atomic E-state index is -4.70. The van der Waals surface area contributed by atoms with Gasteiger partial charge in [0.1, 0.15) is 6.61 Å². The Morgan fingerprint density at radius 3 is 2.42 bits per heavy atom. The van der Waals surface area contributed by atoms with Gasteiger partial charge in [0, 0.05) is 41.8 Å². The number of alkyl halides is 3. The molecule has 0 aliphatic rings. The third-order valence-electron chi connectivity index (χ3n) is 4.47. The maximum Gasteiger partial charge on any atom is 0.471 e. The molecule has 0 radical (unpaired) electrons. The van der Waals surface area contributed by atoms with Gasteiger partial charge in [-0.05, 0) is 23.8 Å². The van der Waals surface area contributed by atoms with E-state index in [-0.39, 0.29) is 19.0 Å². The fourth-order valence-electron chi connectivity index (χ4n) is 2.80. The van der Waals surface area contributed by atoms with Crippen molar-refractivity contribution in [3.8, 4) is 22.6 Å². The Balaban J connectivity index is 1.25. The molecule has 0 atom stereocenters. The van der Waals surface area contributed by atoms with Gasteiger partial charge in [-0.2, -0.15) is 18.2 Å². The lowest BCUT2D eigenvalue weighted by atomic mass is 10.1. The average molecular weight is 455 g/mol. The maximum absolute atomic E-state index is 12.6. The summed E-state index contributed by atoms with van der Waals surface area (Å²) in [6, 6.07) is 13.7. The number of aromatic nitrogens is 4. The number of pyridine rings is 2. The van der Waals surface area contributed by atoms with Gasteiger partial charge in [0.25, 0.3) is 0 Å². The topological polar surface area (TPSA) is 103 Å². The Morgan fingerprint density at radius 2 is 1.79 bits per heavy atom. The highest BCUT2D eigenvalue weighted by molar-refractivity contribution is 5.67. The van der Waals surface area contributed by atoms with Gasteiger partial charge in [-0.3, -0.25) is 9.97 Å². The second-order valence-corrected chi connectivity index (χ2v) is 6.84. The summed E-state index contributed by atoms with van der Waals surface area (Å²) in [5.41, 5.74) is 3.42. The molecule has 0 aliphatic heterocycles. The van der Waals surface area contributed by atoms with Crippen LogP contribution in [-0.2, 0) is 24.1 Å². The van der Waals surface area contributed by atoms with Gasteiger partial charge in [-0.25, -0.2) is 4.79 Å². The van der Waals surface area contributed by atoms with Crippen LogP contribution in [0.3, 0.4) is 0 Å². The lowest BCUT2D eigenvalue weighted by Gasteiger charge is -2.08. The Kier molecular flexibility index (Phi) is 6.29. The number of hydrogen-bond donors (Lipinski definition) is 1. The van der Waals surface area contributed by atoms with Crippen molar-refractivity contribution >= 4 is 6.09 Å². The fourth-order valence-corrected chi connectivity index (χ4v) is 2.80. The summed E-state index contributed by atoms with van der Waals surface area (Å²) in [4.78, 5) is 23.7. The number of benzene rings is 1. The molecule has 8 nitrogen and oxygen atoms in total. The van der Waals surface area contributed by atoms with E-state index in [1.807, 2.05) is 24.3 Å². The van der Waals surface area contributed by atoms with E-state index in [4.69, 9.17) is 4.74 Å². The van der Waals surface area contributed by atoms with E-state index in [0.717, 1.165) is 16.8 Å².